The Morgan fingerprint density at radius 1 is 1.19 bits per heavy atom. The van der Waals surface area contributed by atoms with Crippen LogP contribution < -0.4 is 15.4 Å². The van der Waals surface area contributed by atoms with E-state index in [9.17, 15) is 35.5 Å². The first kappa shape index (κ1) is 23.6. The van der Waals surface area contributed by atoms with E-state index in [1.165, 1.54) is 4.90 Å². The van der Waals surface area contributed by atoms with Crippen LogP contribution in [-0.4, -0.2) is 73.5 Å². The first-order valence-electron chi connectivity index (χ1n) is 9.52. The third-order valence-corrected chi connectivity index (χ3v) is 5.10. The molecule has 2 atom stereocenters. The quantitative estimate of drug-likeness (QED) is 0.495. The predicted molar refractivity (Wildman–Crippen MR) is 94.8 cm³/mol. The van der Waals surface area contributed by atoms with Crippen molar-refractivity contribution in [3.63, 3.8) is 0 Å². The van der Waals surface area contributed by atoms with Crippen molar-refractivity contribution in [3.05, 3.63) is 16.2 Å². The van der Waals surface area contributed by atoms with Crippen molar-refractivity contribution in [1.29, 1.82) is 0 Å². The molecule has 3 heterocycles. The summed E-state index contributed by atoms with van der Waals surface area (Å²) in [6.45, 7) is -1.09. The van der Waals surface area contributed by atoms with E-state index in [-0.39, 0.29) is 25.8 Å². The summed E-state index contributed by atoms with van der Waals surface area (Å²) in [5, 5.41) is 0. The van der Waals surface area contributed by atoms with Gasteiger partial charge in [-0.2, -0.15) is 35.7 Å². The van der Waals surface area contributed by atoms with Crippen LogP contribution in [0.2, 0.25) is 0 Å². The molecule has 2 aliphatic heterocycles. The number of anilines is 2. The summed E-state index contributed by atoms with van der Waals surface area (Å²) >= 11 is 0. The van der Waals surface area contributed by atoms with Crippen molar-refractivity contribution < 1.29 is 40.2 Å². The Labute approximate surface area is 172 Å². The van der Waals surface area contributed by atoms with Gasteiger partial charge in [0.1, 0.15) is 12.6 Å². The molecule has 0 amide bonds. The van der Waals surface area contributed by atoms with Gasteiger partial charge in [-0.1, -0.05) is 0 Å². The highest BCUT2D eigenvalue weighted by Crippen LogP contribution is 2.35. The van der Waals surface area contributed by atoms with Crippen molar-refractivity contribution in [2.75, 3.05) is 49.3 Å². The standard InChI is InChI=1S/C17H21F7N4O3/c1-10-8-30-6-4-26(10)13-12(18)14(29)28-3-2-11(17(22,23)24)27(15(28)25-13)5-7-31-9-16(19,20)21/h10-11H,2-9H2,1H3. The average Bonchev–Trinajstić information content (AvgIpc) is 2.67. The second-order valence-electron chi connectivity index (χ2n) is 7.33. The molecule has 1 fully saturated rings. The fourth-order valence-electron chi connectivity index (χ4n) is 3.66. The number of hydrogen-bond acceptors (Lipinski definition) is 6. The molecule has 1 aromatic rings. The first-order valence-corrected chi connectivity index (χ1v) is 9.52. The van der Waals surface area contributed by atoms with Crippen molar-refractivity contribution in [2.45, 2.75) is 44.3 Å². The fourth-order valence-corrected chi connectivity index (χ4v) is 3.66. The maximum Gasteiger partial charge on any atom is 0.411 e. The molecule has 0 spiro atoms. The lowest BCUT2D eigenvalue weighted by atomic mass is 10.1. The Morgan fingerprint density at radius 3 is 2.52 bits per heavy atom. The number of hydrogen-bond donors (Lipinski definition) is 0. The van der Waals surface area contributed by atoms with Gasteiger partial charge < -0.3 is 19.3 Å². The topological polar surface area (TPSA) is 59.8 Å². The van der Waals surface area contributed by atoms with Crippen molar-refractivity contribution in [1.82, 2.24) is 9.55 Å². The molecule has 2 unspecified atom stereocenters. The van der Waals surface area contributed by atoms with Gasteiger partial charge in [-0.25, -0.2) is 0 Å². The molecule has 31 heavy (non-hydrogen) atoms. The Bertz CT molecular complexity index is 843. The minimum absolute atomic E-state index is 0.172. The molecule has 1 aromatic heterocycles. The zero-order valence-electron chi connectivity index (χ0n) is 16.5. The number of nitrogens with zero attached hydrogens (tertiary/aromatic N) is 4. The number of ether oxygens (including phenoxy) is 2. The largest absolute Gasteiger partial charge is 0.411 e. The van der Waals surface area contributed by atoms with Crippen molar-refractivity contribution in [3.8, 4) is 0 Å². The molecule has 14 heteroatoms. The Morgan fingerprint density at radius 2 is 1.90 bits per heavy atom. The average molecular weight is 462 g/mol. The number of halogens is 7. The molecule has 2 aliphatic rings. The van der Waals surface area contributed by atoms with E-state index >= 15 is 0 Å². The van der Waals surface area contributed by atoms with Gasteiger partial charge in [0.25, 0.3) is 5.56 Å². The number of rotatable bonds is 5. The summed E-state index contributed by atoms with van der Waals surface area (Å²) in [6.07, 6.45) is -9.96. The minimum atomic E-state index is -4.74. The van der Waals surface area contributed by atoms with Crippen LogP contribution in [0.5, 0.6) is 0 Å². The van der Waals surface area contributed by atoms with Crippen molar-refractivity contribution in [2.24, 2.45) is 0 Å². The molecule has 0 radical (unpaired) electrons. The van der Waals surface area contributed by atoms with Gasteiger partial charge >= 0.3 is 12.4 Å². The lowest BCUT2D eigenvalue weighted by Gasteiger charge is -2.40. The number of alkyl halides is 6. The van der Waals surface area contributed by atoms with Gasteiger partial charge in [-0.15, -0.1) is 0 Å². The van der Waals surface area contributed by atoms with E-state index < -0.39 is 74.3 Å². The molecule has 3 rings (SSSR count). The zero-order chi connectivity index (χ0) is 23.0. The van der Waals surface area contributed by atoms with Crippen LogP contribution in [0.25, 0.3) is 0 Å². The fraction of sp³-hybridized carbons (Fsp3) is 0.765. The van der Waals surface area contributed by atoms with Gasteiger partial charge in [0.05, 0.1) is 25.9 Å². The molecule has 0 saturated carbocycles. The molecule has 7 nitrogen and oxygen atoms in total. The van der Waals surface area contributed by atoms with Crippen LogP contribution in [0.1, 0.15) is 13.3 Å². The lowest BCUT2D eigenvalue weighted by Crippen LogP contribution is -2.54. The molecular weight excluding hydrogens is 441 g/mol. The molecule has 176 valence electrons. The smallest absolute Gasteiger partial charge is 0.377 e. The third-order valence-electron chi connectivity index (χ3n) is 5.10. The van der Waals surface area contributed by atoms with E-state index in [1.54, 1.807) is 6.92 Å². The molecule has 1 saturated heterocycles. The van der Waals surface area contributed by atoms with E-state index in [2.05, 4.69) is 9.72 Å². The highest BCUT2D eigenvalue weighted by atomic mass is 19.4. The van der Waals surface area contributed by atoms with E-state index in [0.717, 1.165) is 4.57 Å². The summed E-state index contributed by atoms with van der Waals surface area (Å²) < 4.78 is 103. The maximum atomic E-state index is 14.8. The summed E-state index contributed by atoms with van der Waals surface area (Å²) in [4.78, 5) is 18.7. The summed E-state index contributed by atoms with van der Waals surface area (Å²) in [6, 6.07) is -2.49. The van der Waals surface area contributed by atoms with Gasteiger partial charge in [-0.3, -0.25) is 9.36 Å². The van der Waals surface area contributed by atoms with Crippen LogP contribution in [0, 0.1) is 5.82 Å². The van der Waals surface area contributed by atoms with Crippen LogP contribution in [0.15, 0.2) is 4.79 Å². The second-order valence-corrected chi connectivity index (χ2v) is 7.33. The third kappa shape index (κ3) is 5.22. The maximum absolute atomic E-state index is 14.8. The molecule has 0 N–H and O–H groups in total. The molecule has 0 aliphatic carbocycles. The Kier molecular flexibility index (Phi) is 6.69. The number of fused-ring (bicyclic) bond motifs is 1. The molecule has 0 aromatic carbocycles. The lowest BCUT2D eigenvalue weighted by molar-refractivity contribution is -0.174. The van der Waals surface area contributed by atoms with Gasteiger partial charge in [0, 0.05) is 19.6 Å². The minimum Gasteiger partial charge on any atom is -0.377 e. The van der Waals surface area contributed by atoms with E-state index in [4.69, 9.17) is 4.74 Å². The highest BCUT2D eigenvalue weighted by molar-refractivity contribution is 5.48. The van der Waals surface area contributed by atoms with Crippen LogP contribution in [0.3, 0.4) is 0 Å². The monoisotopic (exact) mass is 462 g/mol. The Balaban J connectivity index is 1.97. The number of morpholine rings is 1. The van der Waals surface area contributed by atoms with Gasteiger partial charge in [-0.05, 0) is 13.3 Å². The van der Waals surface area contributed by atoms with Crippen molar-refractivity contribution >= 4 is 11.8 Å². The van der Waals surface area contributed by atoms with Gasteiger partial charge in [0.15, 0.2) is 5.82 Å². The highest BCUT2D eigenvalue weighted by Gasteiger charge is 2.47. The van der Waals surface area contributed by atoms with Crippen LogP contribution in [0.4, 0.5) is 42.5 Å². The number of aromatic nitrogens is 2. The summed E-state index contributed by atoms with van der Waals surface area (Å²) in [7, 11) is 0. The van der Waals surface area contributed by atoms with Crippen LogP contribution >= 0.6 is 0 Å². The molecule has 0 bridgehead atoms. The predicted octanol–water partition coefficient (Wildman–Crippen LogP) is 2.33. The summed E-state index contributed by atoms with van der Waals surface area (Å²) in [5.74, 6) is -2.06. The van der Waals surface area contributed by atoms with Gasteiger partial charge in [0.2, 0.25) is 11.8 Å². The summed E-state index contributed by atoms with van der Waals surface area (Å²) in [5.41, 5.74) is -1.14. The van der Waals surface area contributed by atoms with E-state index in [1.807, 2.05) is 0 Å². The SMILES string of the molecule is CC1COCCN1c1nc2n(c(=O)c1F)CCC(C(F)(F)F)N2CCOCC(F)(F)F. The normalized spacial score (nSPS) is 22.6. The van der Waals surface area contributed by atoms with E-state index in [0.29, 0.717) is 4.90 Å². The second kappa shape index (κ2) is 8.81. The van der Waals surface area contributed by atoms with Crippen LogP contribution in [-0.2, 0) is 16.0 Å². The molecular formula is C17H21F7N4O3. The first-order chi connectivity index (χ1) is 14.4. The Hall–Kier alpha value is -2.09. The zero-order valence-corrected chi connectivity index (χ0v) is 16.5.